The highest BCUT2D eigenvalue weighted by molar-refractivity contribution is 6.74. The second-order valence-electron chi connectivity index (χ2n) is 9.85. The molecule has 0 saturated carbocycles. The number of hydrogen-bond acceptors (Lipinski definition) is 5. The summed E-state index contributed by atoms with van der Waals surface area (Å²) < 4.78 is 19.5. The normalized spacial score (nSPS) is 12.8. The molecule has 34 heavy (non-hydrogen) atoms. The van der Waals surface area contributed by atoms with E-state index in [2.05, 4.69) is 44.3 Å². The predicted molar refractivity (Wildman–Crippen MR) is 138 cm³/mol. The predicted octanol–water partition coefficient (Wildman–Crippen LogP) is 6.58. The molecule has 0 spiro atoms. The SMILES string of the molecule is Cc1c(OCC(C)O[Si](C)(C)C(C)(C)C)nn(-c2ccccc2)c1NC(=O)Oc1ccccc1. The fraction of sp³-hybridized carbons (Fsp3) is 0.385. The maximum Gasteiger partial charge on any atom is 0.418 e. The number of benzene rings is 2. The molecule has 0 fully saturated rings. The van der Waals surface area contributed by atoms with Crippen LogP contribution in [0.1, 0.15) is 33.3 Å². The number of nitrogens with zero attached hydrogens (tertiary/aromatic N) is 2. The molecule has 2 aromatic carbocycles. The van der Waals surface area contributed by atoms with E-state index < -0.39 is 14.4 Å². The van der Waals surface area contributed by atoms with E-state index >= 15 is 0 Å². The van der Waals surface area contributed by atoms with E-state index in [1.54, 1.807) is 28.9 Å². The highest BCUT2D eigenvalue weighted by Crippen LogP contribution is 2.37. The zero-order valence-corrected chi connectivity index (χ0v) is 22.1. The van der Waals surface area contributed by atoms with Gasteiger partial charge in [-0.05, 0) is 56.2 Å². The smallest absolute Gasteiger partial charge is 0.418 e. The maximum absolute atomic E-state index is 12.6. The number of ether oxygens (including phenoxy) is 2. The Morgan fingerprint density at radius 2 is 1.65 bits per heavy atom. The number of anilines is 1. The molecular formula is C26H35N3O4Si. The molecular weight excluding hydrogens is 446 g/mol. The highest BCUT2D eigenvalue weighted by atomic mass is 28.4. The molecule has 182 valence electrons. The van der Waals surface area contributed by atoms with E-state index in [-0.39, 0.29) is 11.1 Å². The molecule has 1 unspecified atom stereocenters. The number of carbonyl (C=O) groups is 1. The average Bonchev–Trinajstić information content (AvgIpc) is 3.08. The zero-order chi connectivity index (χ0) is 24.9. The Hall–Kier alpha value is -3.10. The number of carbonyl (C=O) groups excluding carboxylic acids is 1. The first-order valence-corrected chi connectivity index (χ1v) is 14.4. The van der Waals surface area contributed by atoms with E-state index in [1.807, 2.05) is 50.2 Å². The summed E-state index contributed by atoms with van der Waals surface area (Å²) >= 11 is 0. The Labute approximate surface area is 203 Å². The Bertz CT molecular complexity index is 1090. The number of nitrogens with one attached hydrogen (secondary N) is 1. The second kappa shape index (κ2) is 10.4. The molecule has 1 atom stereocenters. The van der Waals surface area contributed by atoms with Crippen LogP contribution in [-0.4, -0.2) is 36.9 Å². The van der Waals surface area contributed by atoms with E-state index in [1.165, 1.54) is 0 Å². The lowest BCUT2D eigenvalue weighted by Gasteiger charge is -2.38. The van der Waals surface area contributed by atoms with Gasteiger partial charge in [-0.2, -0.15) is 0 Å². The Balaban J connectivity index is 1.79. The van der Waals surface area contributed by atoms with Gasteiger partial charge in [-0.25, -0.2) is 9.48 Å². The number of hydrogen-bond donors (Lipinski definition) is 1. The summed E-state index contributed by atoms with van der Waals surface area (Å²) in [6, 6.07) is 18.5. The van der Waals surface area contributed by atoms with Crippen molar-refractivity contribution in [3.63, 3.8) is 0 Å². The van der Waals surface area contributed by atoms with E-state index in [0.717, 1.165) is 5.69 Å². The van der Waals surface area contributed by atoms with Crippen molar-refractivity contribution in [2.45, 2.75) is 58.9 Å². The van der Waals surface area contributed by atoms with Crippen LogP contribution < -0.4 is 14.8 Å². The first-order valence-electron chi connectivity index (χ1n) is 11.5. The van der Waals surface area contributed by atoms with Crippen LogP contribution in [0.3, 0.4) is 0 Å². The van der Waals surface area contributed by atoms with Gasteiger partial charge in [-0.3, -0.25) is 5.32 Å². The third kappa shape index (κ3) is 6.27. The largest absolute Gasteiger partial charge is 0.474 e. The minimum atomic E-state index is -1.92. The van der Waals surface area contributed by atoms with Crippen molar-refractivity contribution in [2.24, 2.45) is 0 Å². The highest BCUT2D eigenvalue weighted by Gasteiger charge is 2.38. The third-order valence-corrected chi connectivity index (χ3v) is 10.6. The van der Waals surface area contributed by atoms with E-state index in [9.17, 15) is 4.79 Å². The number of amides is 1. The lowest BCUT2D eigenvalue weighted by molar-refractivity contribution is 0.126. The Morgan fingerprint density at radius 1 is 1.06 bits per heavy atom. The summed E-state index contributed by atoms with van der Waals surface area (Å²) in [5.74, 6) is 1.38. The maximum atomic E-state index is 12.6. The first-order chi connectivity index (χ1) is 16.0. The van der Waals surface area contributed by atoms with E-state index in [4.69, 9.17) is 13.9 Å². The minimum Gasteiger partial charge on any atom is -0.474 e. The van der Waals surface area contributed by atoms with Crippen molar-refractivity contribution in [2.75, 3.05) is 11.9 Å². The molecule has 1 heterocycles. The summed E-state index contributed by atoms with van der Waals surface area (Å²) in [6.45, 7) is 15.3. The van der Waals surface area contributed by atoms with Gasteiger partial charge in [0.2, 0.25) is 5.88 Å². The summed E-state index contributed by atoms with van der Waals surface area (Å²) in [6.07, 6.45) is -0.700. The Morgan fingerprint density at radius 3 is 2.24 bits per heavy atom. The summed E-state index contributed by atoms with van der Waals surface area (Å²) in [7, 11) is -1.92. The minimum absolute atomic E-state index is 0.0957. The molecule has 3 aromatic rings. The molecule has 1 aromatic heterocycles. The zero-order valence-electron chi connectivity index (χ0n) is 21.1. The number of para-hydroxylation sites is 2. The van der Waals surface area contributed by atoms with Crippen LogP contribution in [0.4, 0.5) is 10.6 Å². The molecule has 0 aliphatic rings. The fourth-order valence-electron chi connectivity index (χ4n) is 3.14. The van der Waals surface area contributed by atoms with Crippen molar-refractivity contribution >= 4 is 20.2 Å². The number of rotatable bonds is 8. The van der Waals surface area contributed by atoms with Gasteiger partial charge in [-0.15, -0.1) is 5.10 Å². The van der Waals surface area contributed by atoms with Crippen LogP contribution in [0, 0.1) is 6.92 Å². The molecule has 0 radical (unpaired) electrons. The van der Waals surface area contributed by atoms with Crippen LogP contribution in [0.25, 0.3) is 5.69 Å². The van der Waals surface area contributed by atoms with Crippen molar-refractivity contribution in [1.82, 2.24) is 9.78 Å². The molecule has 0 bridgehead atoms. The molecule has 0 saturated heterocycles. The summed E-state index contributed by atoms with van der Waals surface area (Å²) in [5, 5.41) is 7.58. The van der Waals surface area contributed by atoms with Gasteiger partial charge in [0.25, 0.3) is 0 Å². The van der Waals surface area contributed by atoms with Crippen LogP contribution in [0.5, 0.6) is 11.6 Å². The monoisotopic (exact) mass is 481 g/mol. The van der Waals surface area contributed by atoms with Gasteiger partial charge in [-0.1, -0.05) is 57.2 Å². The van der Waals surface area contributed by atoms with Crippen molar-refractivity contribution in [3.05, 3.63) is 66.2 Å². The molecule has 3 rings (SSSR count). The molecule has 0 aliphatic carbocycles. The number of aromatic nitrogens is 2. The van der Waals surface area contributed by atoms with Crippen LogP contribution in [-0.2, 0) is 4.43 Å². The standard InChI is InChI=1S/C26H35N3O4Si/c1-19(33-34(6,7)26(3,4)5)18-31-24-20(2)23(29(28-24)21-14-10-8-11-15-21)27-25(30)32-22-16-12-9-13-17-22/h8-17,19H,18H2,1-7H3,(H,27,30). The Kier molecular flexibility index (Phi) is 7.84. The topological polar surface area (TPSA) is 74.6 Å². The third-order valence-electron chi connectivity index (χ3n) is 6.01. The van der Waals surface area contributed by atoms with Gasteiger partial charge >= 0.3 is 6.09 Å². The second-order valence-corrected chi connectivity index (χ2v) is 14.6. The molecule has 7 nitrogen and oxygen atoms in total. The fourth-order valence-corrected chi connectivity index (χ4v) is 4.57. The van der Waals surface area contributed by atoms with Gasteiger partial charge in [0, 0.05) is 0 Å². The molecule has 8 heteroatoms. The van der Waals surface area contributed by atoms with Gasteiger partial charge in [0.05, 0.1) is 17.4 Å². The van der Waals surface area contributed by atoms with Crippen LogP contribution >= 0.6 is 0 Å². The van der Waals surface area contributed by atoms with Crippen LogP contribution in [0.2, 0.25) is 18.1 Å². The summed E-state index contributed by atoms with van der Waals surface area (Å²) in [5.41, 5.74) is 1.49. The summed E-state index contributed by atoms with van der Waals surface area (Å²) in [4.78, 5) is 12.6. The van der Waals surface area contributed by atoms with Gasteiger partial charge in [0.1, 0.15) is 18.2 Å². The lowest BCUT2D eigenvalue weighted by atomic mass is 10.2. The van der Waals surface area contributed by atoms with Crippen LogP contribution in [0.15, 0.2) is 60.7 Å². The van der Waals surface area contributed by atoms with Gasteiger partial charge < -0.3 is 13.9 Å². The van der Waals surface area contributed by atoms with Crippen molar-refractivity contribution < 1.29 is 18.7 Å². The van der Waals surface area contributed by atoms with Crippen molar-refractivity contribution in [3.8, 4) is 17.3 Å². The average molecular weight is 482 g/mol. The molecule has 0 aliphatic heterocycles. The van der Waals surface area contributed by atoms with Gasteiger partial charge in [0.15, 0.2) is 8.32 Å². The molecule has 1 amide bonds. The molecule has 1 N–H and O–H groups in total. The first kappa shape index (κ1) is 25.5. The van der Waals surface area contributed by atoms with Crippen molar-refractivity contribution in [1.29, 1.82) is 0 Å². The van der Waals surface area contributed by atoms with E-state index in [0.29, 0.717) is 29.6 Å². The lowest BCUT2D eigenvalue weighted by Crippen LogP contribution is -2.44. The quantitative estimate of drug-likeness (QED) is 0.368.